The summed E-state index contributed by atoms with van der Waals surface area (Å²) in [4.78, 5) is 34.2. The molecule has 0 radical (unpaired) electrons. The number of hydrogen-bond donors (Lipinski definition) is 2. The number of carbonyl (C=O) groups excluding carboxylic acids is 2. The lowest BCUT2D eigenvalue weighted by atomic mass is 10.1. The second-order valence-electron chi connectivity index (χ2n) is 5.95. The Bertz CT molecular complexity index is 1090. The van der Waals surface area contributed by atoms with E-state index in [9.17, 15) is 32.9 Å². The van der Waals surface area contributed by atoms with E-state index in [1.807, 2.05) is 0 Å². The zero-order chi connectivity index (χ0) is 21.9. The van der Waals surface area contributed by atoms with Crippen LogP contribution in [0, 0.1) is 10.1 Å². The number of nitrogens with one attached hydrogen (secondary N) is 2. The average molecular weight is 419 g/mol. The molecule has 0 atom stereocenters. The Kier molecular flexibility index (Phi) is 5.54. The van der Waals surface area contributed by atoms with Crippen LogP contribution >= 0.6 is 0 Å². The number of amides is 2. The molecule has 0 unspecified atom stereocenters. The summed E-state index contributed by atoms with van der Waals surface area (Å²) in [5.74, 6) is -1.71. The molecule has 0 bridgehead atoms. The number of benzene rings is 2. The van der Waals surface area contributed by atoms with Crippen molar-refractivity contribution in [3.05, 3.63) is 87.9 Å². The van der Waals surface area contributed by atoms with Crippen LogP contribution in [0.25, 0.3) is 0 Å². The lowest BCUT2D eigenvalue weighted by molar-refractivity contribution is -0.384. The summed E-state index contributed by atoms with van der Waals surface area (Å²) in [6.07, 6.45) is -3.59. The minimum atomic E-state index is -4.83. The normalized spacial score (nSPS) is 11.0. The third kappa shape index (κ3) is 4.63. The monoisotopic (exact) mass is 419 g/mol. The highest BCUT2D eigenvalue weighted by Crippen LogP contribution is 2.37. The van der Waals surface area contributed by atoms with Crippen LogP contribution in [0.15, 0.2) is 65.3 Å². The van der Waals surface area contributed by atoms with E-state index in [0.29, 0.717) is 6.07 Å². The fourth-order valence-corrected chi connectivity index (χ4v) is 2.49. The van der Waals surface area contributed by atoms with Crippen LogP contribution in [0.5, 0.6) is 0 Å². The standard InChI is InChI=1S/C19H12F3N3O5/c20-19(21,22)14-10-12(23-18(27)16-2-1-9-30-16)5-8-15(14)24-17(26)11-3-6-13(7-4-11)25(28)29/h1-10H,(H,23,27)(H,24,26). The first-order valence-electron chi connectivity index (χ1n) is 8.27. The molecule has 11 heteroatoms. The van der Waals surface area contributed by atoms with Gasteiger partial charge in [-0.3, -0.25) is 19.7 Å². The Morgan fingerprint density at radius 2 is 1.67 bits per heavy atom. The van der Waals surface area contributed by atoms with Gasteiger partial charge in [-0.2, -0.15) is 13.2 Å². The van der Waals surface area contributed by atoms with Crippen LogP contribution in [0.2, 0.25) is 0 Å². The largest absolute Gasteiger partial charge is 0.459 e. The average Bonchev–Trinajstić information content (AvgIpc) is 3.23. The molecule has 1 aromatic heterocycles. The molecule has 0 saturated heterocycles. The minimum absolute atomic E-state index is 0.0658. The van der Waals surface area contributed by atoms with E-state index in [4.69, 9.17) is 4.42 Å². The van der Waals surface area contributed by atoms with E-state index in [0.717, 1.165) is 30.3 Å². The first-order chi connectivity index (χ1) is 14.1. The van der Waals surface area contributed by atoms with E-state index in [2.05, 4.69) is 10.6 Å². The van der Waals surface area contributed by atoms with Crippen molar-refractivity contribution >= 4 is 28.9 Å². The highest BCUT2D eigenvalue weighted by Gasteiger charge is 2.34. The lowest BCUT2D eigenvalue weighted by Gasteiger charge is -2.15. The molecule has 8 nitrogen and oxygen atoms in total. The molecule has 1 heterocycles. The second kappa shape index (κ2) is 8.07. The van der Waals surface area contributed by atoms with Gasteiger partial charge in [-0.1, -0.05) is 0 Å². The van der Waals surface area contributed by atoms with Crippen LogP contribution in [0.3, 0.4) is 0 Å². The van der Waals surface area contributed by atoms with Crippen LogP contribution in [0.1, 0.15) is 26.5 Å². The van der Waals surface area contributed by atoms with E-state index in [1.165, 1.54) is 24.5 Å². The fourth-order valence-electron chi connectivity index (χ4n) is 2.49. The Morgan fingerprint density at radius 3 is 2.23 bits per heavy atom. The van der Waals surface area contributed by atoms with Crippen molar-refractivity contribution < 1.29 is 32.1 Å². The van der Waals surface area contributed by atoms with E-state index >= 15 is 0 Å². The minimum Gasteiger partial charge on any atom is -0.459 e. The molecule has 2 aromatic carbocycles. The van der Waals surface area contributed by atoms with Crippen LogP contribution in [-0.2, 0) is 6.18 Å². The molecular weight excluding hydrogens is 407 g/mol. The van der Waals surface area contributed by atoms with Crippen molar-refractivity contribution in [1.82, 2.24) is 0 Å². The maximum Gasteiger partial charge on any atom is 0.418 e. The summed E-state index contributed by atoms with van der Waals surface area (Å²) in [6.45, 7) is 0. The van der Waals surface area contributed by atoms with Crippen molar-refractivity contribution in [3.63, 3.8) is 0 Å². The van der Waals surface area contributed by atoms with Crippen molar-refractivity contribution in [2.75, 3.05) is 10.6 Å². The van der Waals surface area contributed by atoms with Gasteiger partial charge in [0, 0.05) is 23.4 Å². The molecule has 2 amide bonds. The summed E-state index contributed by atoms with van der Waals surface area (Å²) in [6, 6.07) is 10.0. The van der Waals surface area contributed by atoms with Gasteiger partial charge >= 0.3 is 6.18 Å². The van der Waals surface area contributed by atoms with Gasteiger partial charge in [0.1, 0.15) is 0 Å². The highest BCUT2D eigenvalue weighted by atomic mass is 19.4. The van der Waals surface area contributed by atoms with Gasteiger partial charge in [-0.05, 0) is 42.5 Å². The Hall–Kier alpha value is -4.15. The predicted molar refractivity (Wildman–Crippen MR) is 99.2 cm³/mol. The Morgan fingerprint density at radius 1 is 0.967 bits per heavy atom. The molecule has 3 rings (SSSR count). The number of nitro groups is 1. The zero-order valence-corrected chi connectivity index (χ0v) is 14.9. The number of alkyl halides is 3. The topological polar surface area (TPSA) is 114 Å². The summed E-state index contributed by atoms with van der Waals surface area (Å²) < 4.78 is 45.3. The van der Waals surface area contributed by atoms with Crippen molar-refractivity contribution in [2.45, 2.75) is 6.18 Å². The summed E-state index contributed by atoms with van der Waals surface area (Å²) in [5, 5.41) is 15.1. The van der Waals surface area contributed by atoms with Crippen LogP contribution < -0.4 is 10.6 Å². The van der Waals surface area contributed by atoms with Crippen LogP contribution in [-0.4, -0.2) is 16.7 Å². The third-order valence-corrected chi connectivity index (χ3v) is 3.92. The van der Waals surface area contributed by atoms with Gasteiger partial charge in [0.05, 0.1) is 22.4 Å². The van der Waals surface area contributed by atoms with Gasteiger partial charge < -0.3 is 15.1 Å². The van der Waals surface area contributed by atoms with E-state index < -0.39 is 34.2 Å². The maximum absolute atomic E-state index is 13.5. The zero-order valence-electron chi connectivity index (χ0n) is 14.9. The third-order valence-electron chi connectivity index (χ3n) is 3.92. The molecule has 154 valence electrons. The molecule has 0 aliphatic carbocycles. The Balaban J connectivity index is 1.84. The summed E-state index contributed by atoms with van der Waals surface area (Å²) in [5.41, 5.74) is -2.21. The van der Waals surface area contributed by atoms with Gasteiger partial charge in [0.25, 0.3) is 17.5 Å². The maximum atomic E-state index is 13.5. The number of hydrogen-bond acceptors (Lipinski definition) is 5. The predicted octanol–water partition coefficient (Wildman–Crippen LogP) is 4.71. The number of carbonyl (C=O) groups is 2. The van der Waals surface area contributed by atoms with Crippen LogP contribution in [0.4, 0.5) is 30.2 Å². The number of nitro benzene ring substituents is 1. The summed E-state index contributed by atoms with van der Waals surface area (Å²) in [7, 11) is 0. The first kappa shape index (κ1) is 20.6. The quantitative estimate of drug-likeness (QED) is 0.459. The number of anilines is 2. The lowest BCUT2D eigenvalue weighted by Crippen LogP contribution is -2.18. The van der Waals surface area contributed by atoms with Gasteiger partial charge in [-0.25, -0.2) is 0 Å². The first-order valence-corrected chi connectivity index (χ1v) is 8.27. The Labute approximate surface area is 166 Å². The molecule has 0 aliphatic heterocycles. The number of non-ortho nitro benzene ring substituents is 1. The van der Waals surface area contributed by atoms with E-state index in [-0.39, 0.29) is 22.7 Å². The highest BCUT2D eigenvalue weighted by molar-refractivity contribution is 6.05. The van der Waals surface area contributed by atoms with Crippen molar-refractivity contribution in [1.29, 1.82) is 0 Å². The molecule has 0 fully saturated rings. The van der Waals surface area contributed by atoms with E-state index in [1.54, 1.807) is 0 Å². The van der Waals surface area contributed by atoms with Gasteiger partial charge in [0.15, 0.2) is 5.76 Å². The fraction of sp³-hybridized carbons (Fsp3) is 0.0526. The molecular formula is C19H12F3N3O5. The molecule has 0 spiro atoms. The second-order valence-corrected chi connectivity index (χ2v) is 5.95. The van der Waals surface area contributed by atoms with Crippen molar-refractivity contribution in [3.8, 4) is 0 Å². The molecule has 3 aromatic rings. The molecule has 2 N–H and O–H groups in total. The number of halogens is 3. The molecule has 0 aliphatic rings. The van der Waals surface area contributed by atoms with Gasteiger partial charge in [0.2, 0.25) is 0 Å². The molecule has 0 saturated carbocycles. The van der Waals surface area contributed by atoms with Crippen molar-refractivity contribution in [2.24, 2.45) is 0 Å². The molecule has 30 heavy (non-hydrogen) atoms. The number of nitrogens with zero attached hydrogens (tertiary/aromatic N) is 1. The summed E-state index contributed by atoms with van der Waals surface area (Å²) >= 11 is 0. The number of furan rings is 1. The van der Waals surface area contributed by atoms with Gasteiger partial charge in [-0.15, -0.1) is 0 Å². The smallest absolute Gasteiger partial charge is 0.418 e. The SMILES string of the molecule is O=C(Nc1ccc(NC(=O)c2ccco2)cc1C(F)(F)F)c1ccc([N+](=O)[O-])cc1. The number of rotatable bonds is 5.